The van der Waals surface area contributed by atoms with Gasteiger partial charge in [0, 0.05) is 26.2 Å². The van der Waals surface area contributed by atoms with Gasteiger partial charge < -0.3 is 4.74 Å². The molecule has 0 aliphatic carbocycles. The summed E-state index contributed by atoms with van der Waals surface area (Å²) >= 11 is 0. The third kappa shape index (κ3) is 6.67. The number of hydroxylamine groups is 1. The van der Waals surface area contributed by atoms with Crippen molar-refractivity contribution in [2.75, 3.05) is 46.0 Å². The molecule has 1 N–H and O–H groups in total. The van der Waals surface area contributed by atoms with Gasteiger partial charge in [-0.2, -0.15) is 13.2 Å². The highest BCUT2D eigenvalue weighted by Crippen LogP contribution is 2.13. The van der Waals surface area contributed by atoms with Crippen LogP contribution in [0.25, 0.3) is 0 Å². The molecule has 0 aromatic carbocycles. The highest BCUT2D eigenvalue weighted by Gasteiger charge is 2.27. The minimum atomic E-state index is -4.27. The molecule has 1 saturated heterocycles. The molecule has 7 heteroatoms. The van der Waals surface area contributed by atoms with E-state index in [9.17, 15) is 13.2 Å². The van der Waals surface area contributed by atoms with Crippen molar-refractivity contribution in [1.82, 2.24) is 10.4 Å². The Morgan fingerprint density at radius 1 is 1.27 bits per heavy atom. The van der Waals surface area contributed by atoms with E-state index in [-0.39, 0.29) is 0 Å². The second kappa shape index (κ2) is 6.26. The summed E-state index contributed by atoms with van der Waals surface area (Å²) in [6.45, 7) is 2.81. The summed E-state index contributed by atoms with van der Waals surface area (Å²) in [5.74, 6) is 0. The Kier molecular flexibility index (Phi) is 5.30. The maximum Gasteiger partial charge on any atom is 0.413 e. The van der Waals surface area contributed by atoms with E-state index in [1.54, 1.807) is 0 Å². The third-order valence-electron chi connectivity index (χ3n) is 1.97. The molecule has 15 heavy (non-hydrogen) atoms. The van der Waals surface area contributed by atoms with Crippen molar-refractivity contribution < 1.29 is 22.7 Å². The highest BCUT2D eigenvalue weighted by atomic mass is 19.4. The van der Waals surface area contributed by atoms with Gasteiger partial charge >= 0.3 is 6.18 Å². The van der Waals surface area contributed by atoms with Crippen LogP contribution in [0.1, 0.15) is 0 Å². The summed E-state index contributed by atoms with van der Waals surface area (Å²) in [6, 6.07) is 0. The number of nitrogens with zero attached hydrogens (tertiary/aromatic N) is 1. The van der Waals surface area contributed by atoms with E-state index < -0.39 is 12.8 Å². The Balaban J connectivity index is 1.92. The molecule has 0 saturated carbocycles. The third-order valence-corrected chi connectivity index (χ3v) is 1.97. The van der Waals surface area contributed by atoms with Gasteiger partial charge in [0.05, 0.1) is 13.2 Å². The summed E-state index contributed by atoms with van der Waals surface area (Å²) in [7, 11) is 0. The average molecular weight is 228 g/mol. The first-order valence-corrected chi connectivity index (χ1v) is 4.79. The SMILES string of the molecule is FC(F)(F)CONCCN1CCOCC1. The largest absolute Gasteiger partial charge is 0.413 e. The molecule has 0 aromatic heterocycles. The first-order chi connectivity index (χ1) is 7.08. The fourth-order valence-electron chi connectivity index (χ4n) is 1.23. The Morgan fingerprint density at radius 2 is 1.93 bits per heavy atom. The number of rotatable bonds is 5. The minimum Gasteiger partial charge on any atom is -0.379 e. The van der Waals surface area contributed by atoms with Crippen LogP contribution in [0, 0.1) is 0 Å². The standard InChI is InChI=1S/C8H15F3N2O2/c9-8(10,11)7-15-12-1-2-13-3-5-14-6-4-13/h12H,1-7H2. The van der Waals surface area contributed by atoms with Gasteiger partial charge in [-0.1, -0.05) is 0 Å². The molecular weight excluding hydrogens is 213 g/mol. The number of nitrogens with one attached hydrogen (secondary N) is 1. The summed E-state index contributed by atoms with van der Waals surface area (Å²) < 4.78 is 40.1. The van der Waals surface area contributed by atoms with Gasteiger partial charge in [0.1, 0.15) is 0 Å². The number of hydrogen-bond acceptors (Lipinski definition) is 4. The molecule has 1 aliphatic heterocycles. The molecule has 0 aromatic rings. The normalized spacial score (nSPS) is 19.4. The fourth-order valence-corrected chi connectivity index (χ4v) is 1.23. The van der Waals surface area contributed by atoms with Crippen molar-refractivity contribution in [3.05, 3.63) is 0 Å². The molecule has 0 atom stereocenters. The average Bonchev–Trinajstić information content (AvgIpc) is 2.17. The molecular formula is C8H15F3N2O2. The maximum atomic E-state index is 11.6. The summed E-state index contributed by atoms with van der Waals surface area (Å²) in [5.41, 5.74) is 2.29. The zero-order valence-electron chi connectivity index (χ0n) is 8.35. The zero-order chi connectivity index (χ0) is 11.1. The Bertz CT molecular complexity index is 172. The molecule has 90 valence electrons. The van der Waals surface area contributed by atoms with Crippen molar-refractivity contribution in [3.63, 3.8) is 0 Å². The van der Waals surface area contributed by atoms with Gasteiger partial charge in [-0.15, -0.1) is 0 Å². The predicted molar refractivity (Wildman–Crippen MR) is 47.3 cm³/mol. The molecule has 1 fully saturated rings. The number of alkyl halides is 3. The summed E-state index contributed by atoms with van der Waals surface area (Å²) in [4.78, 5) is 6.36. The van der Waals surface area contributed by atoms with Gasteiger partial charge in [-0.25, -0.2) is 5.48 Å². The highest BCUT2D eigenvalue weighted by molar-refractivity contribution is 4.61. The Hall–Kier alpha value is -0.370. The van der Waals surface area contributed by atoms with Crippen LogP contribution >= 0.6 is 0 Å². The second-order valence-electron chi connectivity index (χ2n) is 3.25. The lowest BCUT2D eigenvalue weighted by Gasteiger charge is -2.26. The van der Waals surface area contributed by atoms with Crippen LogP contribution in [0.3, 0.4) is 0 Å². The lowest BCUT2D eigenvalue weighted by atomic mass is 10.4. The molecule has 0 bridgehead atoms. The number of halogens is 3. The van der Waals surface area contributed by atoms with Crippen LogP contribution in [0.15, 0.2) is 0 Å². The summed E-state index contributed by atoms with van der Waals surface area (Å²) in [5, 5.41) is 0. The van der Waals surface area contributed by atoms with Crippen molar-refractivity contribution >= 4 is 0 Å². The molecule has 0 radical (unpaired) electrons. The van der Waals surface area contributed by atoms with E-state index in [1.807, 2.05) is 0 Å². The Morgan fingerprint density at radius 3 is 2.53 bits per heavy atom. The van der Waals surface area contributed by atoms with Gasteiger partial charge in [0.2, 0.25) is 0 Å². The number of ether oxygens (including phenoxy) is 1. The van der Waals surface area contributed by atoms with Crippen LogP contribution in [0.5, 0.6) is 0 Å². The number of hydrogen-bond donors (Lipinski definition) is 1. The van der Waals surface area contributed by atoms with Crippen LogP contribution in [-0.2, 0) is 9.57 Å². The number of morpholine rings is 1. The first kappa shape index (κ1) is 12.7. The fraction of sp³-hybridized carbons (Fsp3) is 1.00. The van der Waals surface area contributed by atoms with E-state index in [1.165, 1.54) is 0 Å². The zero-order valence-corrected chi connectivity index (χ0v) is 8.35. The summed E-state index contributed by atoms with van der Waals surface area (Å²) in [6.07, 6.45) is -4.27. The van der Waals surface area contributed by atoms with Crippen molar-refractivity contribution in [2.45, 2.75) is 6.18 Å². The molecule has 0 unspecified atom stereocenters. The quantitative estimate of drug-likeness (QED) is 0.545. The smallest absolute Gasteiger partial charge is 0.379 e. The molecule has 1 rings (SSSR count). The monoisotopic (exact) mass is 228 g/mol. The van der Waals surface area contributed by atoms with Crippen LogP contribution < -0.4 is 5.48 Å². The lowest BCUT2D eigenvalue weighted by Crippen LogP contribution is -2.40. The van der Waals surface area contributed by atoms with E-state index in [2.05, 4.69) is 15.2 Å². The molecule has 4 nitrogen and oxygen atoms in total. The van der Waals surface area contributed by atoms with Gasteiger partial charge in [0.15, 0.2) is 6.61 Å². The topological polar surface area (TPSA) is 33.7 Å². The molecule has 1 heterocycles. The van der Waals surface area contributed by atoms with Crippen LogP contribution in [0.4, 0.5) is 13.2 Å². The van der Waals surface area contributed by atoms with Crippen LogP contribution in [-0.4, -0.2) is 57.1 Å². The first-order valence-electron chi connectivity index (χ1n) is 4.79. The van der Waals surface area contributed by atoms with Gasteiger partial charge in [0.25, 0.3) is 0 Å². The predicted octanol–water partition coefficient (Wildman–Crippen LogP) is 0.402. The maximum absolute atomic E-state index is 11.6. The van der Waals surface area contributed by atoms with E-state index >= 15 is 0 Å². The Labute approximate surface area is 86.3 Å². The second-order valence-corrected chi connectivity index (χ2v) is 3.25. The van der Waals surface area contributed by atoms with Crippen molar-refractivity contribution in [2.24, 2.45) is 0 Å². The van der Waals surface area contributed by atoms with Crippen molar-refractivity contribution in [3.8, 4) is 0 Å². The molecule has 0 amide bonds. The van der Waals surface area contributed by atoms with Gasteiger partial charge in [-0.05, 0) is 0 Å². The van der Waals surface area contributed by atoms with Crippen molar-refractivity contribution in [1.29, 1.82) is 0 Å². The minimum absolute atomic E-state index is 0.385. The van der Waals surface area contributed by atoms with Crippen LogP contribution in [0.2, 0.25) is 0 Å². The van der Waals surface area contributed by atoms with E-state index in [4.69, 9.17) is 4.74 Å². The van der Waals surface area contributed by atoms with E-state index in [0.29, 0.717) is 26.3 Å². The van der Waals surface area contributed by atoms with Gasteiger partial charge in [-0.3, -0.25) is 9.74 Å². The lowest BCUT2D eigenvalue weighted by molar-refractivity contribution is -0.189. The molecule has 1 aliphatic rings. The van der Waals surface area contributed by atoms with E-state index in [0.717, 1.165) is 13.1 Å². The molecule has 0 spiro atoms.